The number of hydrogen-bond donors (Lipinski definition) is 1. The third-order valence-electron chi connectivity index (χ3n) is 5.74. The fourth-order valence-electron chi connectivity index (χ4n) is 4.26. The van der Waals surface area contributed by atoms with Crippen LogP contribution >= 0.6 is 0 Å². The number of ether oxygens (including phenoxy) is 2. The largest absolute Gasteiger partial charge is 0.497 e. The lowest BCUT2D eigenvalue weighted by Gasteiger charge is -2.40. The van der Waals surface area contributed by atoms with Crippen LogP contribution in [0.3, 0.4) is 0 Å². The van der Waals surface area contributed by atoms with E-state index in [4.69, 9.17) is 9.47 Å². The summed E-state index contributed by atoms with van der Waals surface area (Å²) in [6, 6.07) is 5.23. The van der Waals surface area contributed by atoms with Crippen LogP contribution in [0.2, 0.25) is 0 Å². The van der Waals surface area contributed by atoms with Crippen LogP contribution in [0.1, 0.15) is 55.3 Å². The van der Waals surface area contributed by atoms with Gasteiger partial charge in [0.05, 0.1) is 25.7 Å². The molecule has 1 aliphatic carbocycles. The summed E-state index contributed by atoms with van der Waals surface area (Å²) in [5.41, 5.74) is 0.528. The van der Waals surface area contributed by atoms with Crippen molar-refractivity contribution in [1.29, 1.82) is 0 Å². The molecule has 2 amide bonds. The predicted molar refractivity (Wildman–Crippen MR) is 103 cm³/mol. The lowest BCUT2D eigenvalue weighted by molar-refractivity contribution is -0.128. The molecule has 6 nitrogen and oxygen atoms in total. The van der Waals surface area contributed by atoms with E-state index in [1.54, 1.807) is 32.4 Å². The Labute approximate surface area is 161 Å². The van der Waals surface area contributed by atoms with Gasteiger partial charge in [0.2, 0.25) is 5.91 Å². The third kappa shape index (κ3) is 4.37. The van der Waals surface area contributed by atoms with Crippen molar-refractivity contribution in [2.45, 2.75) is 51.0 Å². The van der Waals surface area contributed by atoms with Crippen molar-refractivity contribution in [2.24, 2.45) is 5.92 Å². The summed E-state index contributed by atoms with van der Waals surface area (Å²) < 4.78 is 10.7. The Hall–Kier alpha value is -2.24. The van der Waals surface area contributed by atoms with Gasteiger partial charge in [-0.2, -0.15) is 0 Å². The van der Waals surface area contributed by atoms with Crippen molar-refractivity contribution in [3.8, 4) is 11.5 Å². The molecule has 27 heavy (non-hydrogen) atoms. The molecule has 2 atom stereocenters. The standard InChI is InChI=1S/C21H30N2O4/c1-26-15-10-11-17(19(14-15)27-2)21(25)23-13-7-3-6-12-22-20(24)16-8-4-5-9-18(16)23/h10-11,14,16,18H,3-9,12-13H2,1-2H3,(H,22,24). The molecule has 1 aromatic carbocycles. The summed E-state index contributed by atoms with van der Waals surface area (Å²) in [5, 5.41) is 3.07. The number of carbonyl (C=O) groups is 2. The van der Waals surface area contributed by atoms with Gasteiger partial charge >= 0.3 is 0 Å². The molecule has 2 unspecified atom stereocenters. The topological polar surface area (TPSA) is 67.9 Å². The zero-order chi connectivity index (χ0) is 19.2. The zero-order valence-electron chi connectivity index (χ0n) is 16.3. The summed E-state index contributed by atoms with van der Waals surface area (Å²) in [4.78, 5) is 28.1. The van der Waals surface area contributed by atoms with E-state index in [9.17, 15) is 9.59 Å². The second-order valence-electron chi connectivity index (χ2n) is 7.37. The molecule has 1 aromatic rings. The quantitative estimate of drug-likeness (QED) is 0.883. The molecule has 0 bridgehead atoms. The number of rotatable bonds is 3. The van der Waals surface area contributed by atoms with Gasteiger partial charge in [-0.3, -0.25) is 9.59 Å². The highest BCUT2D eigenvalue weighted by Crippen LogP contribution is 2.33. The van der Waals surface area contributed by atoms with Gasteiger partial charge in [0.1, 0.15) is 11.5 Å². The van der Waals surface area contributed by atoms with Gasteiger partial charge in [-0.1, -0.05) is 12.8 Å². The molecule has 148 valence electrons. The first kappa shape index (κ1) is 19.5. The molecule has 3 rings (SSSR count). The Kier molecular flexibility index (Phi) is 6.58. The van der Waals surface area contributed by atoms with Crippen LogP contribution < -0.4 is 14.8 Å². The molecule has 1 saturated carbocycles. The fraction of sp³-hybridized carbons (Fsp3) is 0.619. The first-order valence-corrected chi connectivity index (χ1v) is 9.96. The summed E-state index contributed by atoms with van der Waals surface area (Å²) in [7, 11) is 3.15. The summed E-state index contributed by atoms with van der Waals surface area (Å²) in [6.45, 7) is 1.42. The van der Waals surface area contributed by atoms with E-state index >= 15 is 0 Å². The highest BCUT2D eigenvalue weighted by molar-refractivity contribution is 5.97. The van der Waals surface area contributed by atoms with Crippen LogP contribution in [-0.4, -0.2) is 50.1 Å². The Morgan fingerprint density at radius 3 is 2.67 bits per heavy atom. The summed E-state index contributed by atoms with van der Waals surface area (Å²) >= 11 is 0. The van der Waals surface area contributed by atoms with Crippen molar-refractivity contribution in [3.05, 3.63) is 23.8 Å². The molecule has 2 aliphatic rings. The Balaban J connectivity index is 1.92. The van der Waals surface area contributed by atoms with Crippen LogP contribution in [-0.2, 0) is 4.79 Å². The minimum Gasteiger partial charge on any atom is -0.497 e. The maximum atomic E-state index is 13.5. The second-order valence-corrected chi connectivity index (χ2v) is 7.37. The van der Waals surface area contributed by atoms with Gasteiger partial charge in [-0.25, -0.2) is 0 Å². The molecule has 1 heterocycles. The molecular weight excluding hydrogens is 344 g/mol. The SMILES string of the molecule is COc1ccc(C(=O)N2CCCCCNC(=O)C3CCCCC32)c(OC)c1. The van der Waals surface area contributed by atoms with Gasteiger partial charge in [0.15, 0.2) is 0 Å². The predicted octanol–water partition coefficient (Wildman–Crippen LogP) is 3.00. The monoisotopic (exact) mass is 374 g/mol. The fourth-order valence-corrected chi connectivity index (χ4v) is 4.26. The van der Waals surface area contributed by atoms with Gasteiger partial charge in [0, 0.05) is 25.2 Å². The van der Waals surface area contributed by atoms with E-state index in [0.717, 1.165) is 51.5 Å². The average molecular weight is 374 g/mol. The molecule has 0 radical (unpaired) electrons. The smallest absolute Gasteiger partial charge is 0.257 e. The second kappa shape index (κ2) is 9.11. The molecule has 6 heteroatoms. The molecule has 0 aromatic heterocycles. The van der Waals surface area contributed by atoms with Crippen molar-refractivity contribution in [1.82, 2.24) is 10.2 Å². The van der Waals surface area contributed by atoms with E-state index in [1.165, 1.54) is 0 Å². The van der Waals surface area contributed by atoms with E-state index < -0.39 is 0 Å². The minimum atomic E-state index is -0.120. The van der Waals surface area contributed by atoms with Gasteiger partial charge < -0.3 is 19.7 Å². The highest BCUT2D eigenvalue weighted by atomic mass is 16.5. The van der Waals surface area contributed by atoms with Gasteiger partial charge in [-0.05, 0) is 44.2 Å². The van der Waals surface area contributed by atoms with E-state index in [1.807, 2.05) is 4.90 Å². The molecule has 2 fully saturated rings. The number of carbonyl (C=O) groups excluding carboxylic acids is 2. The number of amides is 2. The van der Waals surface area contributed by atoms with Crippen molar-refractivity contribution >= 4 is 11.8 Å². The minimum absolute atomic E-state index is 0.0452. The highest BCUT2D eigenvalue weighted by Gasteiger charge is 2.38. The number of nitrogens with zero attached hydrogens (tertiary/aromatic N) is 1. The van der Waals surface area contributed by atoms with Crippen LogP contribution in [0.25, 0.3) is 0 Å². The van der Waals surface area contributed by atoms with E-state index in [2.05, 4.69) is 5.32 Å². The van der Waals surface area contributed by atoms with Crippen LogP contribution in [0.4, 0.5) is 0 Å². The third-order valence-corrected chi connectivity index (χ3v) is 5.74. The lowest BCUT2D eigenvalue weighted by Crippen LogP contribution is -2.51. The lowest BCUT2D eigenvalue weighted by atomic mass is 9.82. The number of methoxy groups -OCH3 is 2. The number of fused-ring (bicyclic) bond motifs is 1. The first-order valence-electron chi connectivity index (χ1n) is 9.96. The number of hydrogen-bond acceptors (Lipinski definition) is 4. The van der Waals surface area contributed by atoms with Crippen LogP contribution in [0, 0.1) is 5.92 Å². The Morgan fingerprint density at radius 1 is 1.07 bits per heavy atom. The Morgan fingerprint density at radius 2 is 1.89 bits per heavy atom. The van der Waals surface area contributed by atoms with Crippen molar-refractivity contribution in [3.63, 3.8) is 0 Å². The van der Waals surface area contributed by atoms with E-state index in [-0.39, 0.29) is 23.8 Å². The van der Waals surface area contributed by atoms with Crippen molar-refractivity contribution in [2.75, 3.05) is 27.3 Å². The normalized spacial score (nSPS) is 23.8. The molecular formula is C21H30N2O4. The zero-order valence-corrected chi connectivity index (χ0v) is 16.3. The maximum Gasteiger partial charge on any atom is 0.257 e. The Bertz CT molecular complexity index is 676. The average Bonchev–Trinajstić information content (AvgIpc) is 2.72. The number of nitrogens with one attached hydrogen (secondary N) is 1. The molecule has 1 aliphatic heterocycles. The summed E-state index contributed by atoms with van der Waals surface area (Å²) in [5.74, 6) is 1.08. The summed E-state index contributed by atoms with van der Waals surface area (Å²) in [6.07, 6.45) is 6.73. The van der Waals surface area contributed by atoms with Gasteiger partial charge in [-0.15, -0.1) is 0 Å². The van der Waals surface area contributed by atoms with Crippen LogP contribution in [0.5, 0.6) is 11.5 Å². The van der Waals surface area contributed by atoms with Gasteiger partial charge in [0.25, 0.3) is 5.91 Å². The maximum absolute atomic E-state index is 13.5. The van der Waals surface area contributed by atoms with Crippen molar-refractivity contribution < 1.29 is 19.1 Å². The number of benzene rings is 1. The molecule has 1 N–H and O–H groups in total. The first-order chi connectivity index (χ1) is 13.2. The molecule has 1 saturated heterocycles. The van der Waals surface area contributed by atoms with Crippen LogP contribution in [0.15, 0.2) is 18.2 Å². The molecule has 0 spiro atoms. The van der Waals surface area contributed by atoms with E-state index in [0.29, 0.717) is 23.6 Å².